The number of carbonyl (C=O) groups is 1. The molecule has 1 amide bonds. The van der Waals surface area contributed by atoms with E-state index in [0.29, 0.717) is 12.0 Å². The molecule has 4 nitrogen and oxygen atoms in total. The number of aliphatic hydroxyl groups excluding tert-OH is 2. The molecule has 4 heteroatoms. The zero-order chi connectivity index (χ0) is 14.5. The first-order valence-electron chi connectivity index (χ1n) is 6.48. The molecule has 0 aromatic heterocycles. The summed E-state index contributed by atoms with van der Waals surface area (Å²) in [4.78, 5) is 11.9. The monoisotopic (exact) mass is 265 g/mol. The molecule has 0 aliphatic heterocycles. The van der Waals surface area contributed by atoms with Gasteiger partial charge in [0.2, 0.25) is 0 Å². The number of aliphatic hydroxyl groups is 2. The summed E-state index contributed by atoms with van der Waals surface area (Å²) in [6.07, 6.45) is -0.549. The highest BCUT2D eigenvalue weighted by atomic mass is 16.3. The minimum Gasteiger partial charge on any atom is -0.394 e. The van der Waals surface area contributed by atoms with Crippen LogP contribution in [-0.2, 0) is 4.79 Å². The quantitative estimate of drug-likeness (QED) is 0.758. The van der Waals surface area contributed by atoms with Crippen LogP contribution in [0.1, 0.15) is 38.9 Å². The summed E-state index contributed by atoms with van der Waals surface area (Å²) >= 11 is 0. The minimum absolute atomic E-state index is 0.00161. The lowest BCUT2D eigenvalue weighted by atomic mass is 9.88. The van der Waals surface area contributed by atoms with Gasteiger partial charge in [-0.05, 0) is 17.4 Å². The van der Waals surface area contributed by atoms with Gasteiger partial charge in [0.15, 0.2) is 6.10 Å². The van der Waals surface area contributed by atoms with Crippen molar-refractivity contribution in [3.63, 3.8) is 0 Å². The van der Waals surface area contributed by atoms with Crippen LogP contribution in [0.25, 0.3) is 0 Å². The minimum atomic E-state index is -1.20. The van der Waals surface area contributed by atoms with Gasteiger partial charge in [-0.25, -0.2) is 0 Å². The van der Waals surface area contributed by atoms with Crippen LogP contribution in [0.4, 0.5) is 0 Å². The lowest BCUT2D eigenvalue weighted by molar-refractivity contribution is -0.130. The van der Waals surface area contributed by atoms with Crippen LogP contribution in [0, 0.1) is 5.41 Å². The zero-order valence-electron chi connectivity index (χ0n) is 11.8. The first-order valence-corrected chi connectivity index (χ1v) is 6.48. The Kier molecular flexibility index (Phi) is 5.51. The summed E-state index contributed by atoms with van der Waals surface area (Å²) in [6.45, 7) is 5.98. The molecule has 3 N–H and O–H groups in total. The third-order valence-electron chi connectivity index (χ3n) is 2.79. The van der Waals surface area contributed by atoms with Crippen molar-refractivity contribution < 1.29 is 15.0 Å². The fourth-order valence-corrected chi connectivity index (χ4v) is 1.97. The van der Waals surface area contributed by atoms with Crippen molar-refractivity contribution in [3.05, 3.63) is 35.9 Å². The SMILES string of the molecule is CC(C)(C)C[C@H](CO)NC(=O)[C@H](O)c1ccccc1. The molecule has 0 aliphatic carbocycles. The Morgan fingerprint density at radius 3 is 2.32 bits per heavy atom. The molecule has 106 valence electrons. The molecule has 0 unspecified atom stereocenters. The molecule has 0 saturated carbocycles. The number of hydrogen-bond acceptors (Lipinski definition) is 3. The zero-order valence-corrected chi connectivity index (χ0v) is 11.8. The van der Waals surface area contributed by atoms with Crippen molar-refractivity contribution in [1.82, 2.24) is 5.32 Å². The van der Waals surface area contributed by atoms with Crippen molar-refractivity contribution in [2.24, 2.45) is 5.41 Å². The summed E-state index contributed by atoms with van der Waals surface area (Å²) < 4.78 is 0. The fraction of sp³-hybridized carbons (Fsp3) is 0.533. The predicted molar refractivity (Wildman–Crippen MR) is 74.5 cm³/mol. The second-order valence-corrected chi connectivity index (χ2v) is 5.97. The van der Waals surface area contributed by atoms with Crippen LogP contribution < -0.4 is 5.32 Å². The van der Waals surface area contributed by atoms with Crippen molar-refractivity contribution >= 4 is 5.91 Å². The van der Waals surface area contributed by atoms with Crippen LogP contribution in [0.15, 0.2) is 30.3 Å². The molecule has 1 aromatic rings. The molecule has 0 aliphatic rings. The lowest BCUT2D eigenvalue weighted by Crippen LogP contribution is -2.42. The highest BCUT2D eigenvalue weighted by Gasteiger charge is 2.23. The van der Waals surface area contributed by atoms with E-state index in [2.05, 4.69) is 5.32 Å². The van der Waals surface area contributed by atoms with E-state index in [1.54, 1.807) is 24.3 Å². The summed E-state index contributed by atoms with van der Waals surface area (Å²) in [5, 5.41) is 21.9. The van der Waals surface area contributed by atoms with Crippen molar-refractivity contribution in [2.75, 3.05) is 6.61 Å². The van der Waals surface area contributed by atoms with Gasteiger partial charge in [0, 0.05) is 0 Å². The lowest BCUT2D eigenvalue weighted by Gasteiger charge is -2.26. The van der Waals surface area contributed by atoms with Crippen LogP contribution >= 0.6 is 0 Å². The number of carbonyl (C=O) groups excluding carboxylic acids is 1. The van der Waals surface area contributed by atoms with E-state index in [1.807, 2.05) is 26.8 Å². The number of hydrogen-bond donors (Lipinski definition) is 3. The van der Waals surface area contributed by atoms with Crippen LogP contribution in [0.5, 0.6) is 0 Å². The Morgan fingerprint density at radius 1 is 1.26 bits per heavy atom. The van der Waals surface area contributed by atoms with Gasteiger partial charge < -0.3 is 15.5 Å². The Morgan fingerprint density at radius 2 is 1.84 bits per heavy atom. The van der Waals surface area contributed by atoms with Gasteiger partial charge in [-0.1, -0.05) is 51.1 Å². The number of amides is 1. The van der Waals surface area contributed by atoms with E-state index in [0.717, 1.165) is 0 Å². The van der Waals surface area contributed by atoms with E-state index in [9.17, 15) is 15.0 Å². The first kappa shape index (κ1) is 15.7. The van der Waals surface area contributed by atoms with Gasteiger partial charge >= 0.3 is 0 Å². The smallest absolute Gasteiger partial charge is 0.253 e. The number of benzene rings is 1. The molecule has 0 heterocycles. The Labute approximate surface area is 114 Å². The van der Waals surface area contributed by atoms with Gasteiger partial charge in [-0.15, -0.1) is 0 Å². The standard InChI is InChI=1S/C15H23NO3/c1-15(2,3)9-12(10-17)16-14(19)13(18)11-7-5-4-6-8-11/h4-8,12-13,17-18H,9-10H2,1-3H3,(H,16,19)/t12-,13-/m1/s1. The molecule has 0 saturated heterocycles. The fourth-order valence-electron chi connectivity index (χ4n) is 1.97. The predicted octanol–water partition coefficient (Wildman–Crippen LogP) is 1.63. The number of nitrogens with one attached hydrogen (secondary N) is 1. The highest BCUT2D eigenvalue weighted by molar-refractivity contribution is 5.82. The second kappa shape index (κ2) is 6.68. The molecule has 0 fully saturated rings. The summed E-state index contributed by atoms with van der Waals surface area (Å²) in [6, 6.07) is 8.41. The summed E-state index contributed by atoms with van der Waals surface area (Å²) in [5.41, 5.74) is 0.547. The van der Waals surface area contributed by atoms with E-state index in [-0.39, 0.29) is 18.1 Å². The van der Waals surface area contributed by atoms with E-state index >= 15 is 0 Å². The van der Waals surface area contributed by atoms with E-state index in [1.165, 1.54) is 0 Å². The molecule has 0 spiro atoms. The Hall–Kier alpha value is -1.39. The average Bonchev–Trinajstić information content (AvgIpc) is 2.36. The highest BCUT2D eigenvalue weighted by Crippen LogP contribution is 2.21. The largest absolute Gasteiger partial charge is 0.394 e. The second-order valence-electron chi connectivity index (χ2n) is 5.97. The van der Waals surface area contributed by atoms with Gasteiger partial charge in [-0.2, -0.15) is 0 Å². The van der Waals surface area contributed by atoms with E-state index in [4.69, 9.17) is 0 Å². The van der Waals surface area contributed by atoms with Crippen LogP contribution in [0.3, 0.4) is 0 Å². The summed E-state index contributed by atoms with van der Waals surface area (Å²) in [7, 11) is 0. The molecular formula is C15H23NO3. The van der Waals surface area contributed by atoms with Crippen molar-refractivity contribution in [2.45, 2.75) is 39.3 Å². The maximum absolute atomic E-state index is 11.9. The Balaban J connectivity index is 2.63. The molecule has 1 aromatic carbocycles. The maximum atomic E-state index is 11.9. The third-order valence-corrected chi connectivity index (χ3v) is 2.79. The van der Waals surface area contributed by atoms with Crippen LogP contribution in [0.2, 0.25) is 0 Å². The first-order chi connectivity index (χ1) is 8.83. The summed E-state index contributed by atoms with van der Waals surface area (Å²) in [5.74, 6) is -0.477. The molecule has 0 bridgehead atoms. The van der Waals surface area contributed by atoms with Gasteiger partial charge in [-0.3, -0.25) is 4.79 Å². The molecule has 19 heavy (non-hydrogen) atoms. The number of rotatable bonds is 5. The maximum Gasteiger partial charge on any atom is 0.253 e. The van der Waals surface area contributed by atoms with Gasteiger partial charge in [0.25, 0.3) is 5.91 Å². The van der Waals surface area contributed by atoms with E-state index < -0.39 is 12.0 Å². The van der Waals surface area contributed by atoms with Crippen LogP contribution in [-0.4, -0.2) is 28.8 Å². The molecule has 0 radical (unpaired) electrons. The van der Waals surface area contributed by atoms with Crippen molar-refractivity contribution in [1.29, 1.82) is 0 Å². The normalized spacial score (nSPS) is 14.8. The van der Waals surface area contributed by atoms with Crippen molar-refractivity contribution in [3.8, 4) is 0 Å². The molecular weight excluding hydrogens is 242 g/mol. The molecule has 1 rings (SSSR count). The van der Waals surface area contributed by atoms with Gasteiger partial charge in [0.05, 0.1) is 12.6 Å². The topological polar surface area (TPSA) is 69.6 Å². The third kappa shape index (κ3) is 5.41. The average molecular weight is 265 g/mol. The molecule has 2 atom stereocenters. The van der Waals surface area contributed by atoms with Gasteiger partial charge in [0.1, 0.15) is 0 Å². The Bertz CT molecular complexity index is 398.